The number of nitrogens with zero attached hydrogens (tertiary/aromatic N) is 4. The normalized spacial score (nSPS) is 13.9. The zero-order valence-corrected chi connectivity index (χ0v) is 24.8. The van der Waals surface area contributed by atoms with Crippen LogP contribution in [0.3, 0.4) is 0 Å². The Balaban J connectivity index is 1.52. The molecule has 3 aromatic heterocycles. The maximum absolute atomic E-state index is 12.6. The third kappa shape index (κ3) is 5.30. The number of anilines is 2. The van der Waals surface area contributed by atoms with Crippen LogP contribution in [-0.4, -0.2) is 38.2 Å². The average Bonchev–Trinajstić information content (AvgIpc) is 3.56. The number of thiazole rings is 1. The third-order valence-corrected chi connectivity index (χ3v) is 8.45. The van der Waals surface area contributed by atoms with E-state index in [0.29, 0.717) is 10.6 Å². The monoisotopic (exact) mass is 584 g/mol. The molecular weight excluding hydrogens is 556 g/mol. The summed E-state index contributed by atoms with van der Waals surface area (Å²) < 4.78 is 7.03. The summed E-state index contributed by atoms with van der Waals surface area (Å²) in [5.41, 5.74) is 6.48. The first kappa shape index (κ1) is 27.3. The molecule has 1 unspecified atom stereocenters. The van der Waals surface area contributed by atoms with E-state index in [1.54, 1.807) is 6.20 Å². The van der Waals surface area contributed by atoms with E-state index in [9.17, 15) is 9.90 Å². The van der Waals surface area contributed by atoms with Crippen molar-refractivity contribution in [2.75, 3.05) is 11.4 Å². The standard InChI is InChI=1S/C32H29ClN4O3S/c1-18-15-23-29(27(19-5-7-22(33)8-6-19)26(18)28(31(38)39)40-32(2,3)4)41-30(36-23)20-9-13-35-25(16-20)37-14-11-21-17-34-12-10-24(21)37/h5-10,12-13,15-17,28H,11,14H2,1-4H3,(H,38,39). The number of fused-ring (bicyclic) bond motifs is 2. The summed E-state index contributed by atoms with van der Waals surface area (Å²) in [6, 6.07) is 15.5. The van der Waals surface area contributed by atoms with Crippen molar-refractivity contribution in [2.45, 2.75) is 45.8 Å². The van der Waals surface area contributed by atoms with E-state index in [0.717, 1.165) is 61.9 Å². The molecule has 0 saturated heterocycles. The maximum atomic E-state index is 12.6. The highest BCUT2D eigenvalue weighted by Crippen LogP contribution is 2.45. The molecule has 0 amide bonds. The zero-order chi connectivity index (χ0) is 28.9. The van der Waals surface area contributed by atoms with Crippen molar-refractivity contribution in [1.82, 2.24) is 15.0 Å². The topological polar surface area (TPSA) is 88.4 Å². The van der Waals surface area contributed by atoms with Gasteiger partial charge in [0.1, 0.15) is 10.8 Å². The Hall–Kier alpha value is -3.85. The largest absolute Gasteiger partial charge is 0.479 e. The second-order valence-electron chi connectivity index (χ2n) is 11.1. The van der Waals surface area contributed by atoms with Crippen LogP contribution in [0.2, 0.25) is 5.02 Å². The Bertz CT molecular complexity index is 1780. The minimum atomic E-state index is -1.16. The first-order valence-electron chi connectivity index (χ1n) is 13.4. The van der Waals surface area contributed by atoms with Crippen LogP contribution in [0.15, 0.2) is 67.1 Å². The van der Waals surface area contributed by atoms with Crippen molar-refractivity contribution in [3.8, 4) is 21.7 Å². The molecule has 41 heavy (non-hydrogen) atoms. The Morgan fingerprint density at radius 2 is 1.88 bits per heavy atom. The van der Waals surface area contributed by atoms with E-state index in [4.69, 9.17) is 21.3 Å². The number of benzene rings is 2. The van der Waals surface area contributed by atoms with Gasteiger partial charge in [0, 0.05) is 52.5 Å². The number of aliphatic carboxylic acids is 1. The van der Waals surface area contributed by atoms with Crippen molar-refractivity contribution in [1.29, 1.82) is 0 Å². The fourth-order valence-corrected chi connectivity index (χ4v) is 6.57. The smallest absolute Gasteiger partial charge is 0.337 e. The number of carboxylic acid groups (broad SMARTS) is 1. The molecule has 0 aliphatic carbocycles. The average molecular weight is 585 g/mol. The van der Waals surface area contributed by atoms with Gasteiger partial charge in [-0.1, -0.05) is 23.7 Å². The summed E-state index contributed by atoms with van der Waals surface area (Å²) in [4.78, 5) is 28.8. The second-order valence-corrected chi connectivity index (χ2v) is 12.5. The van der Waals surface area contributed by atoms with Crippen LogP contribution in [-0.2, 0) is 16.0 Å². The van der Waals surface area contributed by atoms with Crippen molar-refractivity contribution < 1.29 is 14.6 Å². The number of rotatable bonds is 6. The summed E-state index contributed by atoms with van der Waals surface area (Å²) >= 11 is 7.76. The van der Waals surface area contributed by atoms with Crippen LogP contribution >= 0.6 is 22.9 Å². The molecule has 6 rings (SSSR count). The molecule has 0 radical (unpaired) electrons. The number of carboxylic acids is 1. The van der Waals surface area contributed by atoms with Crippen molar-refractivity contribution in [2.24, 2.45) is 0 Å². The Morgan fingerprint density at radius 3 is 2.61 bits per heavy atom. The molecule has 1 aliphatic rings. The lowest BCUT2D eigenvalue weighted by Crippen LogP contribution is -2.28. The summed E-state index contributed by atoms with van der Waals surface area (Å²) in [6.45, 7) is 8.34. The van der Waals surface area contributed by atoms with Gasteiger partial charge in [0.2, 0.25) is 0 Å². The van der Waals surface area contributed by atoms with Gasteiger partial charge in [-0.25, -0.2) is 14.8 Å². The summed E-state index contributed by atoms with van der Waals surface area (Å²) in [5, 5.41) is 11.7. The molecule has 208 valence electrons. The molecule has 2 aromatic carbocycles. The van der Waals surface area contributed by atoms with Gasteiger partial charge >= 0.3 is 5.97 Å². The van der Waals surface area contributed by atoms with Crippen molar-refractivity contribution in [3.63, 3.8) is 0 Å². The van der Waals surface area contributed by atoms with E-state index in [-0.39, 0.29) is 0 Å². The summed E-state index contributed by atoms with van der Waals surface area (Å²) in [7, 11) is 0. The molecule has 9 heteroatoms. The lowest BCUT2D eigenvalue weighted by molar-refractivity contribution is -0.160. The molecule has 1 aliphatic heterocycles. The van der Waals surface area contributed by atoms with E-state index in [2.05, 4.69) is 20.9 Å². The number of aromatic nitrogens is 3. The Labute approximate surface area is 247 Å². The van der Waals surface area contributed by atoms with Crippen LogP contribution in [0.4, 0.5) is 11.5 Å². The Morgan fingerprint density at radius 1 is 1.10 bits per heavy atom. The Kier molecular flexibility index (Phi) is 7.01. The number of hydrogen-bond donors (Lipinski definition) is 1. The summed E-state index contributed by atoms with van der Waals surface area (Å²) in [6.07, 6.45) is 5.29. The van der Waals surface area contributed by atoms with Crippen LogP contribution in [0.1, 0.15) is 43.6 Å². The highest BCUT2D eigenvalue weighted by atomic mass is 35.5. The first-order chi connectivity index (χ1) is 19.6. The number of halogens is 1. The minimum absolute atomic E-state index is 0.605. The number of ether oxygens (including phenoxy) is 1. The summed E-state index contributed by atoms with van der Waals surface area (Å²) in [5.74, 6) is -0.187. The van der Waals surface area contributed by atoms with Crippen LogP contribution in [0.5, 0.6) is 0 Å². The lowest BCUT2D eigenvalue weighted by Gasteiger charge is -2.28. The third-order valence-electron chi connectivity index (χ3n) is 7.06. The lowest BCUT2D eigenvalue weighted by atomic mass is 9.91. The predicted octanol–water partition coefficient (Wildman–Crippen LogP) is 8.02. The fraction of sp³-hybridized carbons (Fsp3) is 0.250. The van der Waals surface area contributed by atoms with E-state index in [1.807, 2.05) is 82.6 Å². The van der Waals surface area contributed by atoms with Crippen LogP contribution < -0.4 is 4.90 Å². The van der Waals surface area contributed by atoms with Gasteiger partial charge in [-0.3, -0.25) is 4.98 Å². The predicted molar refractivity (Wildman–Crippen MR) is 164 cm³/mol. The number of carbonyl (C=O) groups is 1. The molecule has 0 fully saturated rings. The van der Waals surface area contributed by atoms with Crippen LogP contribution in [0, 0.1) is 6.92 Å². The maximum Gasteiger partial charge on any atom is 0.337 e. The van der Waals surface area contributed by atoms with E-state index >= 15 is 0 Å². The SMILES string of the molecule is Cc1cc2nc(-c3ccnc(N4CCc5cnccc54)c3)sc2c(-c2ccc(Cl)cc2)c1C(OC(C)(C)C)C(=O)O. The first-order valence-corrected chi connectivity index (χ1v) is 14.6. The van der Waals surface area contributed by atoms with E-state index in [1.165, 1.54) is 16.9 Å². The number of hydrogen-bond acceptors (Lipinski definition) is 7. The molecule has 0 spiro atoms. The number of aryl methyl sites for hydroxylation is 1. The van der Waals surface area contributed by atoms with Gasteiger partial charge in [0.05, 0.1) is 15.8 Å². The van der Waals surface area contributed by atoms with Gasteiger partial charge < -0.3 is 14.7 Å². The van der Waals surface area contributed by atoms with Gasteiger partial charge in [0.25, 0.3) is 0 Å². The molecule has 4 heterocycles. The molecule has 1 atom stereocenters. The van der Waals surface area contributed by atoms with Gasteiger partial charge in [0.15, 0.2) is 6.10 Å². The molecular formula is C32H29ClN4O3S. The fourth-order valence-electron chi connectivity index (χ4n) is 5.33. The number of pyridine rings is 2. The van der Waals surface area contributed by atoms with E-state index < -0.39 is 17.7 Å². The minimum Gasteiger partial charge on any atom is -0.479 e. The highest BCUT2D eigenvalue weighted by Gasteiger charge is 2.32. The molecule has 7 nitrogen and oxygen atoms in total. The van der Waals surface area contributed by atoms with Crippen LogP contribution in [0.25, 0.3) is 31.9 Å². The van der Waals surface area contributed by atoms with Gasteiger partial charge in [-0.05, 0) is 87.2 Å². The molecule has 1 N–H and O–H groups in total. The quantitative estimate of drug-likeness (QED) is 0.216. The molecule has 0 bridgehead atoms. The second kappa shape index (κ2) is 10.5. The zero-order valence-electron chi connectivity index (χ0n) is 23.2. The van der Waals surface area contributed by atoms with Crippen molar-refractivity contribution in [3.05, 3.63) is 88.8 Å². The molecule has 0 saturated carbocycles. The van der Waals surface area contributed by atoms with Gasteiger partial charge in [-0.15, -0.1) is 11.3 Å². The molecule has 5 aromatic rings. The highest BCUT2D eigenvalue weighted by molar-refractivity contribution is 7.22. The van der Waals surface area contributed by atoms with Crippen molar-refractivity contribution >= 4 is 50.6 Å². The van der Waals surface area contributed by atoms with Gasteiger partial charge in [-0.2, -0.15) is 0 Å².